The molecule has 1 unspecified atom stereocenters. The molecule has 2 heterocycles. The molecule has 200 valence electrons. The monoisotopic (exact) mass is 522 g/mol. The number of nitrogens with zero attached hydrogens (tertiary/aromatic N) is 1. The zero-order valence-corrected chi connectivity index (χ0v) is 20.4. The van der Waals surface area contributed by atoms with Crippen LogP contribution in [0.1, 0.15) is 38.7 Å². The van der Waals surface area contributed by atoms with Gasteiger partial charge in [-0.3, -0.25) is 4.79 Å². The highest BCUT2D eigenvalue weighted by Gasteiger charge is 2.53. The van der Waals surface area contributed by atoms with E-state index in [9.17, 15) is 28.9 Å². The molecule has 2 atom stereocenters. The van der Waals surface area contributed by atoms with E-state index in [2.05, 4.69) is 14.8 Å². The summed E-state index contributed by atoms with van der Waals surface area (Å²) >= 11 is 0. The minimum Gasteiger partial charge on any atom is -0.395 e. The Balaban J connectivity index is 1.38. The lowest BCUT2D eigenvalue weighted by Crippen LogP contribution is -2.38. The Morgan fingerprint density at radius 3 is 2.59 bits per heavy atom. The molecule has 4 N–H and O–H groups in total. The summed E-state index contributed by atoms with van der Waals surface area (Å²) in [7, 11) is 0. The second kappa shape index (κ2) is 8.78. The number of benzene rings is 1. The Morgan fingerprint density at radius 1 is 1.24 bits per heavy atom. The van der Waals surface area contributed by atoms with Gasteiger partial charge >= 0.3 is 6.29 Å². The molecule has 0 bridgehead atoms. The van der Waals surface area contributed by atoms with Gasteiger partial charge in [-0.2, -0.15) is 0 Å². The summed E-state index contributed by atoms with van der Waals surface area (Å²) in [4.78, 5) is 15.0. The molecular formula is C26H29F3N2O6. The van der Waals surface area contributed by atoms with Crippen molar-refractivity contribution in [3.05, 3.63) is 58.8 Å². The molecule has 0 saturated heterocycles. The quantitative estimate of drug-likeness (QED) is 0.416. The van der Waals surface area contributed by atoms with Gasteiger partial charge in [0, 0.05) is 29.1 Å². The highest BCUT2D eigenvalue weighted by molar-refractivity contribution is 5.92. The maximum Gasteiger partial charge on any atom is 0.586 e. The number of nitrogens with one attached hydrogen (secondary N) is 1. The number of rotatable bonds is 8. The standard InChI is InChI=1S/C26H29F3N2O6/c1-24(2,13-33)22-8-14-7-18(17(27)10-19(14)31(22)11-16(34)12-32)30-23(35)25(5-6-25)15-3-4-20-21(9-15)37-26(28,29)36-20/h3-4,8-10,14,16,32-34H,5-7,11-13H2,1-2H3,(H,30,35)/t14?,16-/m1/s1. The third-order valence-electron chi connectivity index (χ3n) is 7.42. The van der Waals surface area contributed by atoms with Crippen LogP contribution in [-0.2, 0) is 10.2 Å². The number of carbonyl (C=O) groups is 1. The summed E-state index contributed by atoms with van der Waals surface area (Å²) in [6, 6.07) is 4.23. The van der Waals surface area contributed by atoms with Crippen LogP contribution in [-0.4, -0.2) is 58.3 Å². The molecule has 5 rings (SSSR count). The number of hydrogen-bond donors (Lipinski definition) is 4. The van der Waals surface area contributed by atoms with Crippen LogP contribution < -0.4 is 14.8 Å². The minimum absolute atomic E-state index is 0.0232. The number of hydrogen-bond acceptors (Lipinski definition) is 7. The molecule has 2 aliphatic carbocycles. The minimum atomic E-state index is -3.76. The van der Waals surface area contributed by atoms with Crippen LogP contribution in [0.5, 0.6) is 11.5 Å². The summed E-state index contributed by atoms with van der Waals surface area (Å²) in [5.41, 5.74) is 0.156. The number of amides is 1. The Hall–Kier alpha value is -3.02. The fourth-order valence-corrected chi connectivity index (χ4v) is 5.12. The second-order valence-corrected chi connectivity index (χ2v) is 10.6. The summed E-state index contributed by atoms with van der Waals surface area (Å²) in [5.74, 6) is -1.66. The fraction of sp³-hybridized carbons (Fsp3) is 0.500. The lowest BCUT2D eigenvalue weighted by molar-refractivity contribution is -0.286. The topological polar surface area (TPSA) is 111 Å². The molecule has 4 aliphatic rings. The SMILES string of the molecule is CC(C)(CO)C1=CC2CC(NC(=O)C3(c4ccc5c(c4)OC(F)(F)O5)CC3)=C(F)C=C2N1C[C@@H](O)CO. The molecule has 1 fully saturated rings. The van der Waals surface area contributed by atoms with Crippen LogP contribution in [0.2, 0.25) is 0 Å². The molecule has 1 saturated carbocycles. The van der Waals surface area contributed by atoms with Gasteiger partial charge in [-0.05, 0) is 36.6 Å². The first-order valence-corrected chi connectivity index (χ1v) is 12.1. The van der Waals surface area contributed by atoms with Gasteiger partial charge in [0.15, 0.2) is 11.5 Å². The van der Waals surface area contributed by atoms with Gasteiger partial charge in [0.25, 0.3) is 0 Å². The first-order chi connectivity index (χ1) is 17.4. The Labute approximate surface area is 211 Å². The number of fused-ring (bicyclic) bond motifs is 2. The van der Waals surface area contributed by atoms with Gasteiger partial charge in [-0.25, -0.2) is 4.39 Å². The lowest BCUT2D eigenvalue weighted by Gasteiger charge is -2.35. The summed E-state index contributed by atoms with van der Waals surface area (Å²) < 4.78 is 51.1. The molecule has 1 aromatic rings. The molecule has 37 heavy (non-hydrogen) atoms. The molecule has 1 aromatic carbocycles. The van der Waals surface area contributed by atoms with Crippen molar-refractivity contribution in [2.24, 2.45) is 11.3 Å². The van der Waals surface area contributed by atoms with Crippen molar-refractivity contribution in [2.75, 3.05) is 19.8 Å². The van der Waals surface area contributed by atoms with E-state index in [-0.39, 0.29) is 42.7 Å². The van der Waals surface area contributed by atoms with Crippen molar-refractivity contribution in [1.29, 1.82) is 0 Å². The number of β-amino-alcohol motifs (C(OH)–C–C–N with tert-alkyl or cyclic N) is 1. The molecule has 0 aromatic heterocycles. The first-order valence-electron chi connectivity index (χ1n) is 12.1. The summed E-state index contributed by atoms with van der Waals surface area (Å²) in [6.45, 7) is 3.00. The van der Waals surface area contributed by atoms with Gasteiger partial charge < -0.3 is 35.0 Å². The van der Waals surface area contributed by atoms with Crippen LogP contribution in [0, 0.1) is 11.3 Å². The first kappa shape index (κ1) is 25.6. The predicted octanol–water partition coefficient (Wildman–Crippen LogP) is 2.81. The zero-order valence-electron chi connectivity index (χ0n) is 20.4. The van der Waals surface area contributed by atoms with E-state index in [1.165, 1.54) is 24.3 Å². The van der Waals surface area contributed by atoms with Crippen LogP contribution >= 0.6 is 0 Å². The van der Waals surface area contributed by atoms with Gasteiger partial charge in [0.2, 0.25) is 5.91 Å². The predicted molar refractivity (Wildman–Crippen MR) is 125 cm³/mol. The number of allylic oxidation sites excluding steroid dienone is 4. The lowest BCUT2D eigenvalue weighted by atomic mass is 9.88. The van der Waals surface area contributed by atoms with Crippen molar-refractivity contribution in [3.8, 4) is 11.5 Å². The molecule has 2 aliphatic heterocycles. The highest BCUT2D eigenvalue weighted by Crippen LogP contribution is 2.52. The van der Waals surface area contributed by atoms with E-state index in [0.717, 1.165) is 0 Å². The number of aliphatic hydroxyl groups excluding tert-OH is 3. The highest BCUT2D eigenvalue weighted by atomic mass is 19.3. The van der Waals surface area contributed by atoms with Gasteiger partial charge in [-0.15, -0.1) is 8.78 Å². The fourth-order valence-electron chi connectivity index (χ4n) is 5.12. The van der Waals surface area contributed by atoms with Gasteiger partial charge in [-0.1, -0.05) is 26.0 Å². The average molecular weight is 523 g/mol. The maximum absolute atomic E-state index is 15.3. The van der Waals surface area contributed by atoms with E-state index in [4.69, 9.17) is 0 Å². The van der Waals surface area contributed by atoms with E-state index < -0.39 is 41.6 Å². The van der Waals surface area contributed by atoms with Crippen molar-refractivity contribution in [3.63, 3.8) is 0 Å². The van der Waals surface area contributed by atoms with Crippen LogP contribution in [0.25, 0.3) is 0 Å². The molecule has 8 nitrogen and oxygen atoms in total. The Morgan fingerprint density at radius 2 is 1.95 bits per heavy atom. The number of alkyl halides is 2. The van der Waals surface area contributed by atoms with Crippen molar-refractivity contribution < 1.29 is 42.8 Å². The summed E-state index contributed by atoms with van der Waals surface area (Å²) in [6.07, 6.45) is -0.570. The van der Waals surface area contributed by atoms with E-state index >= 15 is 4.39 Å². The number of carbonyl (C=O) groups excluding carboxylic acids is 1. The van der Waals surface area contributed by atoms with Gasteiger partial charge in [0.05, 0.1) is 37.0 Å². The summed E-state index contributed by atoms with van der Waals surface area (Å²) in [5, 5.41) is 32.0. The van der Waals surface area contributed by atoms with Gasteiger partial charge in [0.1, 0.15) is 5.83 Å². The zero-order chi connectivity index (χ0) is 26.8. The largest absolute Gasteiger partial charge is 0.586 e. The Kier molecular flexibility index (Phi) is 6.08. The van der Waals surface area contributed by atoms with Crippen LogP contribution in [0.3, 0.4) is 0 Å². The van der Waals surface area contributed by atoms with Crippen molar-refractivity contribution in [2.45, 2.75) is 50.9 Å². The number of halogens is 3. The second-order valence-electron chi connectivity index (χ2n) is 10.6. The van der Waals surface area contributed by atoms with E-state index in [1.54, 1.807) is 4.90 Å². The third-order valence-corrected chi connectivity index (χ3v) is 7.42. The smallest absolute Gasteiger partial charge is 0.395 e. The maximum atomic E-state index is 15.3. The van der Waals surface area contributed by atoms with E-state index in [0.29, 0.717) is 29.8 Å². The average Bonchev–Trinajstić information content (AvgIpc) is 3.50. The molecule has 0 spiro atoms. The number of ether oxygens (including phenoxy) is 2. The molecule has 1 amide bonds. The normalized spacial score (nSPS) is 23.9. The molecule has 11 heteroatoms. The number of aliphatic hydroxyl groups is 3. The third kappa shape index (κ3) is 4.49. The van der Waals surface area contributed by atoms with E-state index in [1.807, 2.05) is 19.9 Å². The van der Waals surface area contributed by atoms with Crippen molar-refractivity contribution in [1.82, 2.24) is 10.2 Å². The van der Waals surface area contributed by atoms with Crippen LogP contribution in [0.4, 0.5) is 13.2 Å². The molecular weight excluding hydrogens is 493 g/mol. The van der Waals surface area contributed by atoms with Crippen molar-refractivity contribution >= 4 is 5.91 Å². The van der Waals surface area contributed by atoms with Crippen LogP contribution in [0.15, 0.2) is 53.3 Å². The molecule has 0 radical (unpaired) electrons. The Bertz CT molecular complexity index is 1220.